The SMILES string of the molecule is CC1CCN(c2ccc(-n3cnnc3)cc2[N+](=O)[O-])CC1. The minimum Gasteiger partial charge on any atom is -0.366 e. The molecule has 0 atom stereocenters. The van der Waals surface area contributed by atoms with E-state index in [1.807, 2.05) is 12.1 Å². The zero-order chi connectivity index (χ0) is 14.8. The summed E-state index contributed by atoms with van der Waals surface area (Å²) in [6.45, 7) is 3.96. The minimum atomic E-state index is -0.318. The molecule has 2 heterocycles. The molecule has 0 radical (unpaired) electrons. The van der Waals surface area contributed by atoms with Gasteiger partial charge in [0.05, 0.1) is 10.6 Å². The maximum absolute atomic E-state index is 11.4. The molecule has 7 nitrogen and oxygen atoms in total. The first kappa shape index (κ1) is 13.5. The average molecular weight is 287 g/mol. The van der Waals surface area contributed by atoms with E-state index in [1.54, 1.807) is 10.6 Å². The van der Waals surface area contributed by atoms with Crippen LogP contribution in [-0.4, -0.2) is 32.8 Å². The molecule has 0 unspecified atom stereocenters. The van der Waals surface area contributed by atoms with E-state index in [2.05, 4.69) is 22.0 Å². The predicted octanol–water partition coefficient (Wildman–Crippen LogP) is 2.41. The molecule has 0 N–H and O–H groups in total. The Labute approximate surface area is 122 Å². The number of nitro benzene ring substituents is 1. The molecular weight excluding hydrogens is 270 g/mol. The Morgan fingerprint density at radius 1 is 1.24 bits per heavy atom. The predicted molar refractivity (Wildman–Crippen MR) is 78.6 cm³/mol. The highest BCUT2D eigenvalue weighted by atomic mass is 16.6. The molecular formula is C14H17N5O2. The van der Waals surface area contributed by atoms with Crippen LogP contribution in [0.2, 0.25) is 0 Å². The fraction of sp³-hybridized carbons (Fsp3) is 0.429. The summed E-state index contributed by atoms with van der Waals surface area (Å²) < 4.78 is 1.66. The number of benzene rings is 1. The third-order valence-corrected chi connectivity index (χ3v) is 4.00. The van der Waals surface area contributed by atoms with Crippen LogP contribution in [0.25, 0.3) is 5.69 Å². The van der Waals surface area contributed by atoms with Gasteiger partial charge in [-0.2, -0.15) is 0 Å². The van der Waals surface area contributed by atoms with Crippen LogP contribution in [0, 0.1) is 16.0 Å². The molecule has 1 aromatic carbocycles. The second-order valence-electron chi connectivity index (χ2n) is 5.47. The standard InChI is InChI=1S/C14H17N5O2/c1-11-4-6-17(7-5-11)13-3-2-12(8-14(13)19(20)21)18-9-15-16-10-18/h2-3,8-11H,4-7H2,1H3. The van der Waals surface area contributed by atoms with Gasteiger partial charge in [0.2, 0.25) is 0 Å². The number of anilines is 1. The lowest BCUT2D eigenvalue weighted by atomic mass is 9.98. The van der Waals surface area contributed by atoms with Gasteiger partial charge in [0.15, 0.2) is 0 Å². The molecule has 1 saturated heterocycles. The lowest BCUT2D eigenvalue weighted by Crippen LogP contribution is -2.33. The smallest absolute Gasteiger partial charge is 0.294 e. The van der Waals surface area contributed by atoms with E-state index in [0.717, 1.165) is 25.9 Å². The van der Waals surface area contributed by atoms with E-state index in [9.17, 15) is 10.1 Å². The van der Waals surface area contributed by atoms with Crippen LogP contribution < -0.4 is 4.90 Å². The summed E-state index contributed by atoms with van der Waals surface area (Å²) in [5.41, 5.74) is 1.53. The van der Waals surface area contributed by atoms with Crippen molar-refractivity contribution in [1.82, 2.24) is 14.8 Å². The van der Waals surface area contributed by atoms with Gasteiger partial charge in [0.1, 0.15) is 18.3 Å². The van der Waals surface area contributed by atoms with Gasteiger partial charge in [-0.25, -0.2) is 0 Å². The zero-order valence-corrected chi connectivity index (χ0v) is 11.8. The number of nitro groups is 1. The summed E-state index contributed by atoms with van der Waals surface area (Å²) >= 11 is 0. The Morgan fingerprint density at radius 2 is 1.90 bits per heavy atom. The molecule has 0 bridgehead atoms. The van der Waals surface area contributed by atoms with Crippen LogP contribution in [0.15, 0.2) is 30.9 Å². The second kappa shape index (κ2) is 5.51. The van der Waals surface area contributed by atoms with Crippen molar-refractivity contribution < 1.29 is 4.92 Å². The highest BCUT2D eigenvalue weighted by Gasteiger charge is 2.23. The molecule has 0 amide bonds. The normalized spacial score (nSPS) is 16.1. The maximum atomic E-state index is 11.4. The van der Waals surface area contributed by atoms with Crippen LogP contribution in [0.1, 0.15) is 19.8 Å². The Kier molecular flexibility index (Phi) is 3.55. The Morgan fingerprint density at radius 3 is 2.52 bits per heavy atom. The van der Waals surface area contributed by atoms with Crippen LogP contribution in [0.5, 0.6) is 0 Å². The highest BCUT2D eigenvalue weighted by molar-refractivity contribution is 5.66. The Bertz CT molecular complexity index is 633. The summed E-state index contributed by atoms with van der Waals surface area (Å²) in [5, 5.41) is 18.8. The lowest BCUT2D eigenvalue weighted by molar-refractivity contribution is -0.384. The Hall–Kier alpha value is -2.44. The number of hydrogen-bond acceptors (Lipinski definition) is 5. The van der Waals surface area contributed by atoms with Crippen molar-refractivity contribution in [2.24, 2.45) is 5.92 Å². The molecule has 3 rings (SSSR count). The van der Waals surface area contributed by atoms with Crippen LogP contribution >= 0.6 is 0 Å². The van der Waals surface area contributed by atoms with E-state index < -0.39 is 0 Å². The second-order valence-corrected chi connectivity index (χ2v) is 5.47. The van der Waals surface area contributed by atoms with E-state index in [1.165, 1.54) is 12.7 Å². The molecule has 2 aromatic rings. The van der Waals surface area contributed by atoms with E-state index in [-0.39, 0.29) is 10.6 Å². The number of nitrogens with zero attached hydrogens (tertiary/aromatic N) is 5. The van der Waals surface area contributed by atoms with Gasteiger partial charge in [-0.15, -0.1) is 10.2 Å². The summed E-state index contributed by atoms with van der Waals surface area (Å²) in [5.74, 6) is 0.691. The highest BCUT2D eigenvalue weighted by Crippen LogP contribution is 2.33. The topological polar surface area (TPSA) is 77.1 Å². The van der Waals surface area contributed by atoms with Crippen molar-refractivity contribution in [2.75, 3.05) is 18.0 Å². The van der Waals surface area contributed by atoms with Gasteiger partial charge in [0, 0.05) is 19.2 Å². The van der Waals surface area contributed by atoms with Crippen molar-refractivity contribution in [2.45, 2.75) is 19.8 Å². The van der Waals surface area contributed by atoms with Gasteiger partial charge < -0.3 is 4.90 Å². The monoisotopic (exact) mass is 287 g/mol. The van der Waals surface area contributed by atoms with Gasteiger partial charge in [-0.1, -0.05) is 6.92 Å². The molecule has 0 spiro atoms. The minimum absolute atomic E-state index is 0.135. The fourth-order valence-corrected chi connectivity index (χ4v) is 2.67. The summed E-state index contributed by atoms with van der Waals surface area (Å²) in [4.78, 5) is 13.2. The molecule has 1 aromatic heterocycles. The molecule has 110 valence electrons. The van der Waals surface area contributed by atoms with Crippen molar-refractivity contribution >= 4 is 11.4 Å². The van der Waals surface area contributed by atoms with Gasteiger partial charge >= 0.3 is 0 Å². The Balaban J connectivity index is 1.95. The molecule has 0 aliphatic carbocycles. The molecule has 1 fully saturated rings. The number of aromatic nitrogens is 3. The number of hydrogen-bond donors (Lipinski definition) is 0. The average Bonchev–Trinajstić information content (AvgIpc) is 3.02. The molecule has 7 heteroatoms. The molecule has 21 heavy (non-hydrogen) atoms. The largest absolute Gasteiger partial charge is 0.366 e. The van der Waals surface area contributed by atoms with Crippen LogP contribution in [-0.2, 0) is 0 Å². The summed E-state index contributed by atoms with van der Waals surface area (Å²) in [6.07, 6.45) is 5.21. The fourth-order valence-electron chi connectivity index (χ4n) is 2.67. The summed E-state index contributed by atoms with van der Waals surface area (Å²) in [6, 6.07) is 5.27. The number of piperidine rings is 1. The van der Waals surface area contributed by atoms with Crippen molar-refractivity contribution in [3.63, 3.8) is 0 Å². The van der Waals surface area contributed by atoms with E-state index >= 15 is 0 Å². The van der Waals surface area contributed by atoms with Crippen LogP contribution in [0.3, 0.4) is 0 Å². The third kappa shape index (κ3) is 2.72. The van der Waals surface area contributed by atoms with E-state index in [0.29, 0.717) is 17.3 Å². The first-order chi connectivity index (χ1) is 10.1. The first-order valence-corrected chi connectivity index (χ1v) is 7.03. The van der Waals surface area contributed by atoms with Crippen molar-refractivity contribution in [3.05, 3.63) is 41.0 Å². The van der Waals surface area contributed by atoms with Crippen LogP contribution in [0.4, 0.5) is 11.4 Å². The van der Waals surface area contributed by atoms with Crippen molar-refractivity contribution in [1.29, 1.82) is 0 Å². The van der Waals surface area contributed by atoms with Gasteiger partial charge in [-0.3, -0.25) is 14.7 Å². The van der Waals surface area contributed by atoms with Gasteiger partial charge in [-0.05, 0) is 30.9 Å². The van der Waals surface area contributed by atoms with E-state index in [4.69, 9.17) is 0 Å². The quantitative estimate of drug-likeness (QED) is 0.640. The summed E-state index contributed by atoms with van der Waals surface area (Å²) in [7, 11) is 0. The van der Waals surface area contributed by atoms with Crippen molar-refractivity contribution in [3.8, 4) is 5.69 Å². The molecule has 0 saturated carbocycles. The molecule has 1 aliphatic rings. The third-order valence-electron chi connectivity index (χ3n) is 4.00. The zero-order valence-electron chi connectivity index (χ0n) is 11.8. The maximum Gasteiger partial charge on any atom is 0.294 e. The number of rotatable bonds is 3. The molecule has 1 aliphatic heterocycles. The lowest BCUT2D eigenvalue weighted by Gasteiger charge is -2.31. The first-order valence-electron chi connectivity index (χ1n) is 7.03. The van der Waals surface area contributed by atoms with Gasteiger partial charge in [0.25, 0.3) is 5.69 Å².